The van der Waals surface area contributed by atoms with E-state index in [9.17, 15) is 14.4 Å². The van der Waals surface area contributed by atoms with Crippen molar-refractivity contribution < 1.29 is 19.1 Å². The molecule has 2 rings (SSSR count). The molecule has 136 valence electrons. The minimum absolute atomic E-state index is 0.0891. The maximum atomic E-state index is 12.3. The molecule has 2 aromatic rings. The van der Waals surface area contributed by atoms with Gasteiger partial charge in [-0.25, -0.2) is 4.79 Å². The Morgan fingerprint density at radius 2 is 1.46 bits per heavy atom. The first-order valence-corrected chi connectivity index (χ1v) is 8.19. The van der Waals surface area contributed by atoms with Crippen molar-refractivity contribution >= 4 is 17.7 Å². The second-order valence-corrected chi connectivity index (χ2v) is 6.76. The third-order valence-corrected chi connectivity index (χ3v) is 3.26. The summed E-state index contributed by atoms with van der Waals surface area (Å²) in [6, 6.07) is 14.9. The van der Waals surface area contributed by atoms with Gasteiger partial charge in [0.25, 0.3) is 5.91 Å². The summed E-state index contributed by atoms with van der Waals surface area (Å²) in [6.07, 6.45) is 0. The third kappa shape index (κ3) is 6.05. The lowest BCUT2D eigenvalue weighted by Crippen LogP contribution is -2.49. The predicted molar refractivity (Wildman–Crippen MR) is 98.2 cm³/mol. The number of imide groups is 1. The monoisotopic (exact) mass is 354 g/mol. The largest absolute Gasteiger partial charge is 0.484 e. The van der Waals surface area contributed by atoms with E-state index in [-0.39, 0.29) is 12.4 Å². The van der Waals surface area contributed by atoms with Crippen LogP contribution in [0.3, 0.4) is 0 Å². The van der Waals surface area contributed by atoms with Crippen LogP contribution in [0.5, 0.6) is 5.75 Å². The predicted octanol–water partition coefficient (Wildman–Crippen LogP) is 2.92. The lowest BCUT2D eigenvalue weighted by Gasteiger charge is -2.20. The van der Waals surface area contributed by atoms with Gasteiger partial charge in [0, 0.05) is 16.7 Å². The molecule has 0 atom stereocenters. The fourth-order valence-electron chi connectivity index (χ4n) is 2.14. The minimum atomic E-state index is -0.574. The van der Waals surface area contributed by atoms with Gasteiger partial charge in [-0.3, -0.25) is 14.9 Å². The summed E-state index contributed by atoms with van der Waals surface area (Å²) in [5, 5.41) is 4.81. The number of carbonyl (C=O) groups excluding carboxylic acids is 3. The topological polar surface area (TPSA) is 84.5 Å². The van der Waals surface area contributed by atoms with Crippen molar-refractivity contribution in [2.24, 2.45) is 0 Å². The van der Waals surface area contributed by atoms with Crippen LogP contribution in [0.25, 0.3) is 0 Å². The molecular weight excluding hydrogens is 332 g/mol. The van der Waals surface area contributed by atoms with Crippen molar-refractivity contribution in [2.45, 2.75) is 26.3 Å². The lowest BCUT2D eigenvalue weighted by atomic mass is 10.0. The van der Waals surface area contributed by atoms with Crippen molar-refractivity contribution in [3.05, 3.63) is 65.7 Å². The Balaban J connectivity index is 1.86. The van der Waals surface area contributed by atoms with Gasteiger partial charge in [-0.05, 0) is 45.0 Å². The molecule has 0 aliphatic heterocycles. The van der Waals surface area contributed by atoms with Crippen LogP contribution >= 0.6 is 0 Å². The van der Waals surface area contributed by atoms with Crippen LogP contribution < -0.4 is 15.4 Å². The number of rotatable bonds is 5. The molecule has 2 aromatic carbocycles. The van der Waals surface area contributed by atoms with Gasteiger partial charge in [0.1, 0.15) is 5.75 Å². The van der Waals surface area contributed by atoms with Crippen LogP contribution in [0, 0.1) is 0 Å². The first-order valence-electron chi connectivity index (χ1n) is 8.19. The van der Waals surface area contributed by atoms with Crippen molar-refractivity contribution in [1.82, 2.24) is 10.6 Å². The molecule has 6 nitrogen and oxygen atoms in total. The van der Waals surface area contributed by atoms with Gasteiger partial charge < -0.3 is 10.1 Å². The van der Waals surface area contributed by atoms with E-state index in [1.54, 1.807) is 48.5 Å². The molecule has 0 heterocycles. The number of nitrogens with one attached hydrogen (secondary N) is 2. The highest BCUT2D eigenvalue weighted by Gasteiger charge is 2.16. The summed E-state index contributed by atoms with van der Waals surface area (Å²) in [6.45, 7) is 5.13. The number of hydrogen-bond acceptors (Lipinski definition) is 4. The standard InChI is InChI=1S/C20H22N2O4/c1-20(2,3)22-19(25)21-17(23)13-26-16-11-9-15(10-12-16)18(24)14-7-5-4-6-8-14/h4-12H,13H2,1-3H3,(H2,21,22,23,25). The second kappa shape index (κ2) is 8.29. The van der Waals surface area contributed by atoms with Crippen LogP contribution in [-0.2, 0) is 4.79 Å². The molecule has 0 bridgehead atoms. The molecule has 0 aliphatic rings. The molecule has 0 unspecified atom stereocenters. The summed E-state index contributed by atoms with van der Waals surface area (Å²) in [5.41, 5.74) is 0.690. The normalized spacial score (nSPS) is 10.7. The number of amides is 3. The number of benzene rings is 2. The van der Waals surface area contributed by atoms with Gasteiger partial charge in [-0.2, -0.15) is 0 Å². The van der Waals surface area contributed by atoms with Gasteiger partial charge >= 0.3 is 6.03 Å². The van der Waals surface area contributed by atoms with E-state index in [4.69, 9.17) is 4.74 Å². The highest BCUT2D eigenvalue weighted by molar-refractivity contribution is 6.09. The SMILES string of the molecule is CC(C)(C)NC(=O)NC(=O)COc1ccc(C(=O)c2ccccc2)cc1. The first-order chi connectivity index (χ1) is 12.2. The average molecular weight is 354 g/mol. The highest BCUT2D eigenvalue weighted by Crippen LogP contribution is 2.15. The Labute approximate surface area is 152 Å². The Bertz CT molecular complexity index is 778. The summed E-state index contributed by atoms with van der Waals surface area (Å²) >= 11 is 0. The minimum Gasteiger partial charge on any atom is -0.484 e. The summed E-state index contributed by atoms with van der Waals surface area (Å²) < 4.78 is 5.34. The van der Waals surface area contributed by atoms with Crippen LogP contribution in [0.15, 0.2) is 54.6 Å². The smallest absolute Gasteiger partial charge is 0.321 e. The lowest BCUT2D eigenvalue weighted by molar-refractivity contribution is -0.122. The number of hydrogen-bond donors (Lipinski definition) is 2. The molecule has 0 saturated heterocycles. The van der Waals surface area contributed by atoms with Crippen LogP contribution in [-0.4, -0.2) is 29.9 Å². The number of urea groups is 1. The molecule has 2 N–H and O–H groups in total. The number of carbonyl (C=O) groups is 3. The van der Waals surface area contributed by atoms with E-state index in [1.165, 1.54) is 0 Å². The van der Waals surface area contributed by atoms with E-state index in [2.05, 4.69) is 10.6 Å². The van der Waals surface area contributed by atoms with E-state index in [0.29, 0.717) is 16.9 Å². The highest BCUT2D eigenvalue weighted by atomic mass is 16.5. The van der Waals surface area contributed by atoms with Crippen molar-refractivity contribution in [1.29, 1.82) is 0 Å². The molecule has 0 radical (unpaired) electrons. The third-order valence-electron chi connectivity index (χ3n) is 3.26. The Morgan fingerprint density at radius 1 is 0.885 bits per heavy atom. The van der Waals surface area contributed by atoms with Crippen molar-refractivity contribution in [3.63, 3.8) is 0 Å². The quantitative estimate of drug-likeness (QED) is 0.809. The molecule has 0 saturated carbocycles. The molecular formula is C20H22N2O4. The zero-order valence-corrected chi connectivity index (χ0v) is 15.0. The Kier molecular flexibility index (Phi) is 6.11. The zero-order chi connectivity index (χ0) is 19.2. The molecule has 26 heavy (non-hydrogen) atoms. The van der Waals surface area contributed by atoms with Crippen LogP contribution in [0.2, 0.25) is 0 Å². The molecule has 0 aromatic heterocycles. The maximum Gasteiger partial charge on any atom is 0.321 e. The van der Waals surface area contributed by atoms with E-state index >= 15 is 0 Å². The van der Waals surface area contributed by atoms with Gasteiger partial charge in [-0.15, -0.1) is 0 Å². The zero-order valence-electron chi connectivity index (χ0n) is 15.0. The summed E-state index contributed by atoms with van der Waals surface area (Å²) in [4.78, 5) is 35.6. The van der Waals surface area contributed by atoms with E-state index < -0.39 is 17.5 Å². The molecule has 6 heteroatoms. The van der Waals surface area contributed by atoms with Gasteiger partial charge in [-0.1, -0.05) is 30.3 Å². The first kappa shape index (κ1) is 19.2. The van der Waals surface area contributed by atoms with Crippen molar-refractivity contribution in [3.8, 4) is 5.75 Å². The second-order valence-electron chi connectivity index (χ2n) is 6.76. The van der Waals surface area contributed by atoms with Gasteiger partial charge in [0.05, 0.1) is 0 Å². The van der Waals surface area contributed by atoms with Crippen LogP contribution in [0.4, 0.5) is 4.79 Å². The average Bonchev–Trinajstić information content (AvgIpc) is 2.59. The summed E-state index contributed by atoms with van der Waals surface area (Å²) in [7, 11) is 0. The van der Waals surface area contributed by atoms with Crippen LogP contribution in [0.1, 0.15) is 36.7 Å². The van der Waals surface area contributed by atoms with E-state index in [0.717, 1.165) is 0 Å². The molecule has 0 fully saturated rings. The number of ether oxygens (including phenoxy) is 1. The molecule has 3 amide bonds. The number of ketones is 1. The van der Waals surface area contributed by atoms with Crippen molar-refractivity contribution in [2.75, 3.05) is 6.61 Å². The van der Waals surface area contributed by atoms with E-state index in [1.807, 2.05) is 26.8 Å². The maximum absolute atomic E-state index is 12.3. The fraction of sp³-hybridized carbons (Fsp3) is 0.250. The van der Waals surface area contributed by atoms with Gasteiger partial charge in [0.15, 0.2) is 12.4 Å². The Hall–Kier alpha value is -3.15. The molecule has 0 aliphatic carbocycles. The fourth-order valence-corrected chi connectivity index (χ4v) is 2.14. The molecule has 0 spiro atoms. The van der Waals surface area contributed by atoms with Gasteiger partial charge in [0.2, 0.25) is 0 Å². The Morgan fingerprint density at radius 3 is 2.04 bits per heavy atom. The summed E-state index contributed by atoms with van der Waals surface area (Å²) in [5.74, 6) is -0.217.